The standard InChI is InChI=1S/C7H15NO4/c1-6(12)8(2)7(3-9,4-10)5-11/h9-11H,3-5H2,1-2H3. The highest BCUT2D eigenvalue weighted by Gasteiger charge is 2.34. The van der Waals surface area contributed by atoms with Gasteiger partial charge in [-0.15, -0.1) is 0 Å². The van der Waals surface area contributed by atoms with Crippen LogP contribution in [0.25, 0.3) is 0 Å². The van der Waals surface area contributed by atoms with Crippen LogP contribution in [0.4, 0.5) is 0 Å². The van der Waals surface area contributed by atoms with Gasteiger partial charge in [-0.2, -0.15) is 0 Å². The van der Waals surface area contributed by atoms with Gasteiger partial charge in [-0.05, 0) is 0 Å². The first-order valence-electron chi connectivity index (χ1n) is 3.61. The second-order valence-electron chi connectivity index (χ2n) is 2.78. The minimum absolute atomic E-state index is 0.313. The Morgan fingerprint density at radius 2 is 1.58 bits per heavy atom. The van der Waals surface area contributed by atoms with Crippen LogP contribution in [0.15, 0.2) is 0 Å². The van der Waals surface area contributed by atoms with Crippen LogP contribution in [0, 0.1) is 0 Å². The van der Waals surface area contributed by atoms with Crippen molar-refractivity contribution in [1.29, 1.82) is 0 Å². The number of aliphatic hydroxyl groups excluding tert-OH is 3. The largest absolute Gasteiger partial charge is 0.394 e. The zero-order chi connectivity index (χ0) is 9.78. The fourth-order valence-corrected chi connectivity index (χ4v) is 0.802. The van der Waals surface area contributed by atoms with Gasteiger partial charge in [0.2, 0.25) is 5.91 Å². The molecule has 1 amide bonds. The minimum Gasteiger partial charge on any atom is -0.394 e. The molecule has 5 heteroatoms. The number of carbonyl (C=O) groups excluding carboxylic acids is 1. The van der Waals surface area contributed by atoms with Gasteiger partial charge in [0.1, 0.15) is 5.54 Å². The van der Waals surface area contributed by atoms with Gasteiger partial charge in [0.05, 0.1) is 19.8 Å². The molecule has 0 aliphatic heterocycles. The van der Waals surface area contributed by atoms with Crippen molar-refractivity contribution in [3.63, 3.8) is 0 Å². The van der Waals surface area contributed by atoms with E-state index in [1.54, 1.807) is 0 Å². The molecule has 12 heavy (non-hydrogen) atoms. The van der Waals surface area contributed by atoms with Crippen molar-refractivity contribution >= 4 is 5.91 Å². The molecule has 0 aromatic rings. The van der Waals surface area contributed by atoms with Crippen molar-refractivity contribution < 1.29 is 20.1 Å². The Hall–Kier alpha value is -0.650. The minimum atomic E-state index is -1.24. The fraction of sp³-hybridized carbons (Fsp3) is 0.857. The molecule has 3 N–H and O–H groups in total. The van der Waals surface area contributed by atoms with Crippen LogP contribution in [0.5, 0.6) is 0 Å². The lowest BCUT2D eigenvalue weighted by atomic mass is 10.0. The number of hydrogen-bond acceptors (Lipinski definition) is 4. The van der Waals surface area contributed by atoms with Crippen LogP contribution in [-0.2, 0) is 4.79 Å². The van der Waals surface area contributed by atoms with Crippen molar-refractivity contribution in [2.45, 2.75) is 12.5 Å². The third-order valence-electron chi connectivity index (χ3n) is 2.07. The summed E-state index contributed by atoms with van der Waals surface area (Å²) in [5.74, 6) is -0.313. The van der Waals surface area contributed by atoms with Crippen LogP contribution in [0.3, 0.4) is 0 Å². The number of aliphatic hydroxyl groups is 3. The highest BCUT2D eigenvalue weighted by atomic mass is 16.3. The van der Waals surface area contributed by atoms with Crippen molar-refractivity contribution in [3.05, 3.63) is 0 Å². The van der Waals surface area contributed by atoms with E-state index in [1.807, 2.05) is 0 Å². The van der Waals surface area contributed by atoms with E-state index in [4.69, 9.17) is 15.3 Å². The molecule has 0 atom stereocenters. The first kappa shape index (κ1) is 11.4. The SMILES string of the molecule is CC(=O)N(C)C(CO)(CO)CO. The van der Waals surface area contributed by atoms with E-state index in [2.05, 4.69) is 0 Å². The van der Waals surface area contributed by atoms with Gasteiger partial charge >= 0.3 is 0 Å². The van der Waals surface area contributed by atoms with Crippen molar-refractivity contribution in [2.75, 3.05) is 26.9 Å². The molecule has 0 unspecified atom stereocenters. The third kappa shape index (κ3) is 1.94. The molecular formula is C7H15NO4. The predicted octanol–water partition coefficient (Wildman–Crippen LogP) is -1.82. The highest BCUT2D eigenvalue weighted by Crippen LogP contribution is 2.11. The Kier molecular flexibility index (Phi) is 4.16. The molecule has 0 rings (SSSR count). The molecule has 0 aliphatic carbocycles. The molecule has 0 spiro atoms. The number of rotatable bonds is 4. The molecule has 5 nitrogen and oxygen atoms in total. The van der Waals surface area contributed by atoms with Gasteiger partial charge in [-0.3, -0.25) is 4.79 Å². The van der Waals surface area contributed by atoms with Crippen LogP contribution in [0.2, 0.25) is 0 Å². The third-order valence-corrected chi connectivity index (χ3v) is 2.07. The average molecular weight is 177 g/mol. The molecule has 0 saturated heterocycles. The number of likely N-dealkylation sites (N-methyl/N-ethyl adjacent to an activating group) is 1. The van der Waals surface area contributed by atoms with Gasteiger partial charge < -0.3 is 20.2 Å². The van der Waals surface area contributed by atoms with E-state index in [9.17, 15) is 4.79 Å². The molecule has 0 radical (unpaired) electrons. The summed E-state index contributed by atoms with van der Waals surface area (Å²) >= 11 is 0. The maximum absolute atomic E-state index is 10.9. The molecule has 0 fully saturated rings. The zero-order valence-corrected chi connectivity index (χ0v) is 7.32. The summed E-state index contributed by atoms with van der Waals surface area (Å²) in [5, 5.41) is 26.6. The summed E-state index contributed by atoms with van der Waals surface area (Å²) in [6.07, 6.45) is 0. The summed E-state index contributed by atoms with van der Waals surface area (Å²) in [7, 11) is 1.42. The first-order valence-corrected chi connectivity index (χ1v) is 3.61. The number of nitrogens with zero attached hydrogens (tertiary/aromatic N) is 1. The molecule has 0 aliphatic rings. The number of hydrogen-bond donors (Lipinski definition) is 3. The molecule has 0 saturated carbocycles. The van der Waals surface area contributed by atoms with Crippen molar-refractivity contribution in [2.24, 2.45) is 0 Å². The van der Waals surface area contributed by atoms with E-state index in [-0.39, 0.29) is 5.91 Å². The lowest BCUT2D eigenvalue weighted by Crippen LogP contribution is -2.57. The van der Waals surface area contributed by atoms with Crippen LogP contribution < -0.4 is 0 Å². The Labute approximate surface area is 71.2 Å². The monoisotopic (exact) mass is 177 g/mol. The summed E-state index contributed by atoms with van der Waals surface area (Å²) < 4.78 is 0. The van der Waals surface area contributed by atoms with E-state index in [0.717, 1.165) is 4.90 Å². The van der Waals surface area contributed by atoms with Crippen molar-refractivity contribution in [1.82, 2.24) is 4.90 Å². The lowest BCUT2D eigenvalue weighted by molar-refractivity contribution is -0.140. The van der Waals surface area contributed by atoms with Crippen molar-refractivity contribution in [3.8, 4) is 0 Å². The van der Waals surface area contributed by atoms with E-state index >= 15 is 0 Å². The average Bonchev–Trinajstić information content (AvgIpc) is 2.08. The quantitative estimate of drug-likeness (QED) is 0.472. The Bertz CT molecular complexity index is 147. The molecule has 0 bridgehead atoms. The predicted molar refractivity (Wildman–Crippen MR) is 42.4 cm³/mol. The Morgan fingerprint density at radius 3 is 1.67 bits per heavy atom. The lowest BCUT2D eigenvalue weighted by Gasteiger charge is -2.36. The van der Waals surface area contributed by atoms with E-state index < -0.39 is 25.4 Å². The molecular weight excluding hydrogens is 162 g/mol. The molecule has 72 valence electrons. The second-order valence-corrected chi connectivity index (χ2v) is 2.78. The topological polar surface area (TPSA) is 81.0 Å². The van der Waals surface area contributed by atoms with E-state index in [1.165, 1.54) is 14.0 Å². The van der Waals surface area contributed by atoms with Gasteiger partial charge in [-0.1, -0.05) is 0 Å². The van der Waals surface area contributed by atoms with E-state index in [0.29, 0.717) is 0 Å². The number of carbonyl (C=O) groups is 1. The maximum Gasteiger partial charge on any atom is 0.219 e. The van der Waals surface area contributed by atoms with Gasteiger partial charge in [0.25, 0.3) is 0 Å². The molecule has 0 heterocycles. The Balaban J connectivity index is 4.58. The summed E-state index contributed by atoms with van der Waals surface area (Å²) in [5.41, 5.74) is -1.24. The molecule has 0 aromatic heterocycles. The molecule has 0 aromatic carbocycles. The van der Waals surface area contributed by atoms with Crippen LogP contribution >= 0.6 is 0 Å². The van der Waals surface area contributed by atoms with Gasteiger partial charge in [0, 0.05) is 14.0 Å². The maximum atomic E-state index is 10.9. The summed E-state index contributed by atoms with van der Waals surface area (Å²) in [6.45, 7) is -0.0853. The smallest absolute Gasteiger partial charge is 0.219 e. The zero-order valence-electron chi connectivity index (χ0n) is 7.32. The fourth-order valence-electron chi connectivity index (χ4n) is 0.802. The normalized spacial score (nSPS) is 11.4. The van der Waals surface area contributed by atoms with Gasteiger partial charge in [-0.25, -0.2) is 0 Å². The van der Waals surface area contributed by atoms with Crippen LogP contribution in [0.1, 0.15) is 6.92 Å². The number of amides is 1. The second kappa shape index (κ2) is 4.39. The Morgan fingerprint density at radius 1 is 1.25 bits per heavy atom. The highest BCUT2D eigenvalue weighted by molar-refractivity contribution is 5.73. The van der Waals surface area contributed by atoms with Crippen LogP contribution in [-0.4, -0.2) is 58.5 Å². The summed E-state index contributed by atoms with van der Waals surface area (Å²) in [6, 6.07) is 0. The van der Waals surface area contributed by atoms with Gasteiger partial charge in [0.15, 0.2) is 0 Å². The first-order chi connectivity index (χ1) is 5.54. The summed E-state index contributed by atoms with van der Waals surface area (Å²) in [4.78, 5) is 12.0.